The molecule has 0 bridgehead atoms. The number of rotatable bonds is 1. The van der Waals surface area contributed by atoms with Gasteiger partial charge in [0.1, 0.15) is 6.17 Å². The summed E-state index contributed by atoms with van der Waals surface area (Å²) in [5.41, 5.74) is 5.96. The Bertz CT molecular complexity index is 172. The molecule has 2 saturated heterocycles. The van der Waals surface area contributed by atoms with Crippen LogP contribution in [0.15, 0.2) is 0 Å². The van der Waals surface area contributed by atoms with Crippen LogP contribution in [0.5, 0.6) is 0 Å². The molecule has 3 atom stereocenters. The summed E-state index contributed by atoms with van der Waals surface area (Å²) < 4.78 is 13.7. The highest BCUT2D eigenvalue weighted by molar-refractivity contribution is 4.95. The van der Waals surface area contributed by atoms with E-state index >= 15 is 0 Å². The second-order valence-electron chi connectivity index (χ2n) is 4.43. The van der Waals surface area contributed by atoms with Crippen LogP contribution >= 0.6 is 0 Å². The van der Waals surface area contributed by atoms with Gasteiger partial charge < -0.3 is 11.1 Å². The average Bonchev–Trinajstić information content (AvgIpc) is 2.19. The maximum Gasteiger partial charge on any atom is 0.129 e. The number of piperidine rings is 2. The molecule has 0 aliphatic carbocycles. The fourth-order valence-electron chi connectivity index (χ4n) is 2.61. The molecule has 4 heteroatoms. The Hall–Kier alpha value is -0.190. The molecule has 2 rings (SSSR count). The van der Waals surface area contributed by atoms with Crippen molar-refractivity contribution in [2.75, 3.05) is 26.2 Å². The Kier molecular flexibility index (Phi) is 3.36. The van der Waals surface area contributed by atoms with E-state index in [2.05, 4.69) is 10.2 Å². The van der Waals surface area contributed by atoms with Gasteiger partial charge in [0.25, 0.3) is 0 Å². The smallest absolute Gasteiger partial charge is 0.129 e. The monoisotopic (exact) mass is 201 g/mol. The molecule has 0 aromatic rings. The van der Waals surface area contributed by atoms with Gasteiger partial charge in [-0.25, -0.2) is 4.39 Å². The summed E-state index contributed by atoms with van der Waals surface area (Å²) in [7, 11) is 0. The standard InChI is InChI=1S/C10H20FN3/c11-8-6-13-7-9(12)10(8)14-4-2-1-3-5-14/h8-10,13H,1-7,12H2. The van der Waals surface area contributed by atoms with Crippen LogP contribution in [0.2, 0.25) is 0 Å². The van der Waals surface area contributed by atoms with Crippen molar-refractivity contribution in [3.05, 3.63) is 0 Å². The third-order valence-corrected chi connectivity index (χ3v) is 3.34. The molecule has 0 aromatic carbocycles. The first-order chi connectivity index (χ1) is 6.79. The molecule has 3 nitrogen and oxygen atoms in total. The van der Waals surface area contributed by atoms with Crippen molar-refractivity contribution in [3.63, 3.8) is 0 Å². The van der Waals surface area contributed by atoms with Crippen LogP contribution in [0.4, 0.5) is 4.39 Å². The maximum atomic E-state index is 13.7. The first-order valence-corrected chi connectivity index (χ1v) is 5.63. The molecule has 0 aromatic heterocycles. The molecule has 2 aliphatic heterocycles. The number of nitrogens with zero attached hydrogens (tertiary/aromatic N) is 1. The zero-order valence-corrected chi connectivity index (χ0v) is 8.58. The quantitative estimate of drug-likeness (QED) is 0.632. The highest BCUT2D eigenvalue weighted by Gasteiger charge is 2.35. The van der Waals surface area contributed by atoms with Gasteiger partial charge in [-0.3, -0.25) is 4.90 Å². The van der Waals surface area contributed by atoms with Gasteiger partial charge in [-0.15, -0.1) is 0 Å². The zero-order chi connectivity index (χ0) is 9.97. The van der Waals surface area contributed by atoms with Crippen LogP contribution in [0.25, 0.3) is 0 Å². The molecule has 3 unspecified atom stereocenters. The first kappa shape index (κ1) is 10.3. The van der Waals surface area contributed by atoms with Crippen LogP contribution in [-0.2, 0) is 0 Å². The lowest BCUT2D eigenvalue weighted by Gasteiger charge is -2.42. The maximum absolute atomic E-state index is 13.7. The fourth-order valence-corrected chi connectivity index (χ4v) is 2.61. The number of nitrogens with two attached hydrogens (primary N) is 1. The topological polar surface area (TPSA) is 41.3 Å². The number of likely N-dealkylation sites (tertiary alicyclic amines) is 1. The van der Waals surface area contributed by atoms with Gasteiger partial charge in [-0.05, 0) is 25.9 Å². The van der Waals surface area contributed by atoms with Gasteiger partial charge in [0.2, 0.25) is 0 Å². The van der Waals surface area contributed by atoms with Crippen molar-refractivity contribution >= 4 is 0 Å². The van der Waals surface area contributed by atoms with Crippen molar-refractivity contribution in [2.45, 2.75) is 37.5 Å². The average molecular weight is 201 g/mol. The largest absolute Gasteiger partial charge is 0.325 e. The van der Waals surface area contributed by atoms with Crippen molar-refractivity contribution in [2.24, 2.45) is 5.73 Å². The minimum atomic E-state index is -0.795. The summed E-state index contributed by atoms with van der Waals surface area (Å²) in [4.78, 5) is 2.25. The first-order valence-electron chi connectivity index (χ1n) is 5.63. The molecule has 82 valence electrons. The normalized spacial score (nSPS) is 41.1. The van der Waals surface area contributed by atoms with Gasteiger partial charge in [-0.2, -0.15) is 0 Å². The number of nitrogens with one attached hydrogen (secondary N) is 1. The van der Waals surface area contributed by atoms with E-state index in [1.807, 2.05) is 0 Å². The van der Waals surface area contributed by atoms with Crippen LogP contribution in [0.1, 0.15) is 19.3 Å². The summed E-state index contributed by atoms with van der Waals surface area (Å²) in [5, 5.41) is 3.03. The minimum Gasteiger partial charge on any atom is -0.325 e. The van der Waals surface area contributed by atoms with Crippen molar-refractivity contribution in [3.8, 4) is 0 Å². The summed E-state index contributed by atoms with van der Waals surface area (Å²) in [5.74, 6) is 0. The summed E-state index contributed by atoms with van der Waals surface area (Å²) >= 11 is 0. The molecule has 2 heterocycles. The SMILES string of the molecule is NC1CNCC(F)C1N1CCCCC1. The Balaban J connectivity index is 1.97. The van der Waals surface area contributed by atoms with Crippen molar-refractivity contribution < 1.29 is 4.39 Å². The highest BCUT2D eigenvalue weighted by atomic mass is 19.1. The fraction of sp³-hybridized carbons (Fsp3) is 1.00. The molecule has 14 heavy (non-hydrogen) atoms. The van der Waals surface area contributed by atoms with Crippen LogP contribution in [0.3, 0.4) is 0 Å². The molecular weight excluding hydrogens is 181 g/mol. The predicted octanol–water partition coefficient (Wildman–Crippen LogP) is 0.109. The van der Waals surface area contributed by atoms with Gasteiger partial charge in [0, 0.05) is 19.1 Å². The van der Waals surface area contributed by atoms with E-state index in [1.54, 1.807) is 0 Å². The third kappa shape index (κ3) is 2.07. The van der Waals surface area contributed by atoms with E-state index in [1.165, 1.54) is 19.3 Å². The summed E-state index contributed by atoms with van der Waals surface area (Å²) in [6.07, 6.45) is 2.89. The van der Waals surface area contributed by atoms with Gasteiger partial charge >= 0.3 is 0 Å². The lowest BCUT2D eigenvalue weighted by Crippen LogP contribution is -2.63. The molecule has 0 radical (unpaired) electrons. The lowest BCUT2D eigenvalue weighted by molar-refractivity contribution is 0.0562. The summed E-state index contributed by atoms with van der Waals surface area (Å²) in [6.45, 7) is 3.27. The molecule has 2 fully saturated rings. The minimum absolute atomic E-state index is 0.0446. The Morgan fingerprint density at radius 3 is 2.50 bits per heavy atom. The van der Waals surface area contributed by atoms with E-state index < -0.39 is 6.17 Å². The number of hydrogen-bond acceptors (Lipinski definition) is 3. The van der Waals surface area contributed by atoms with Gasteiger partial charge in [-0.1, -0.05) is 6.42 Å². The lowest BCUT2D eigenvalue weighted by atomic mass is 9.96. The second-order valence-corrected chi connectivity index (χ2v) is 4.43. The highest BCUT2D eigenvalue weighted by Crippen LogP contribution is 2.19. The van der Waals surface area contributed by atoms with E-state index in [4.69, 9.17) is 5.73 Å². The van der Waals surface area contributed by atoms with Crippen LogP contribution in [-0.4, -0.2) is 49.3 Å². The molecule has 0 spiro atoms. The molecule has 0 amide bonds. The molecule has 0 saturated carbocycles. The van der Waals surface area contributed by atoms with Crippen molar-refractivity contribution in [1.82, 2.24) is 10.2 Å². The third-order valence-electron chi connectivity index (χ3n) is 3.34. The Morgan fingerprint density at radius 2 is 1.86 bits per heavy atom. The van der Waals surface area contributed by atoms with Crippen molar-refractivity contribution in [1.29, 1.82) is 0 Å². The molecular formula is C10H20FN3. The van der Waals surface area contributed by atoms with E-state index in [0.717, 1.165) is 19.6 Å². The second kappa shape index (κ2) is 4.55. The molecule has 3 N–H and O–H groups in total. The number of alkyl halides is 1. The van der Waals surface area contributed by atoms with E-state index in [-0.39, 0.29) is 12.1 Å². The Morgan fingerprint density at radius 1 is 1.14 bits per heavy atom. The van der Waals surface area contributed by atoms with Crippen LogP contribution in [0, 0.1) is 0 Å². The number of halogens is 1. The summed E-state index contributed by atoms with van der Waals surface area (Å²) in [6, 6.07) is -0.0894. The van der Waals surface area contributed by atoms with E-state index in [0.29, 0.717) is 6.54 Å². The Labute approximate surface area is 84.8 Å². The van der Waals surface area contributed by atoms with E-state index in [9.17, 15) is 4.39 Å². The predicted molar refractivity (Wildman–Crippen MR) is 55.0 cm³/mol. The van der Waals surface area contributed by atoms with Crippen LogP contribution < -0.4 is 11.1 Å². The van der Waals surface area contributed by atoms with Gasteiger partial charge in [0.05, 0.1) is 6.04 Å². The van der Waals surface area contributed by atoms with Gasteiger partial charge in [0.15, 0.2) is 0 Å². The number of hydrogen-bond donors (Lipinski definition) is 2. The molecule has 2 aliphatic rings. The zero-order valence-electron chi connectivity index (χ0n) is 8.58.